The van der Waals surface area contributed by atoms with E-state index in [-0.39, 0.29) is 11.7 Å². The fraction of sp³-hybridized carbons (Fsp3) is 0.296. The minimum Gasteiger partial charge on any atom is -0.490 e. The number of benzene rings is 2. The highest BCUT2D eigenvalue weighted by Gasteiger charge is 2.21. The number of rotatable bonds is 8. The second kappa shape index (κ2) is 9.66. The third-order valence-corrected chi connectivity index (χ3v) is 5.86. The Kier molecular flexibility index (Phi) is 6.64. The zero-order chi connectivity index (χ0) is 25.3. The van der Waals surface area contributed by atoms with Crippen LogP contribution in [-0.2, 0) is 11.8 Å². The van der Waals surface area contributed by atoms with E-state index < -0.39 is 6.10 Å². The zero-order valence-electron chi connectivity index (χ0n) is 20.9. The van der Waals surface area contributed by atoms with Crippen LogP contribution < -0.4 is 9.47 Å². The molecule has 2 aromatic carbocycles. The minimum absolute atomic E-state index is 0.133. The van der Waals surface area contributed by atoms with E-state index in [0.29, 0.717) is 29.4 Å². The SMILES string of the molecule is CCOc1cc(C=CC(=O)c2c(C)nn3c4ccccc4n(C)c23)ccc1OC(C)C(=O)N(C)C. The first-order valence-electron chi connectivity index (χ1n) is 11.5. The fourth-order valence-electron chi connectivity index (χ4n) is 4.18. The van der Waals surface area contributed by atoms with Crippen LogP contribution in [0.15, 0.2) is 48.5 Å². The summed E-state index contributed by atoms with van der Waals surface area (Å²) >= 11 is 0. The van der Waals surface area contributed by atoms with Crippen LogP contribution in [0.2, 0.25) is 0 Å². The summed E-state index contributed by atoms with van der Waals surface area (Å²) in [6.45, 7) is 5.86. The Labute approximate surface area is 204 Å². The van der Waals surface area contributed by atoms with Gasteiger partial charge in [-0.3, -0.25) is 9.59 Å². The first kappa shape index (κ1) is 24.1. The predicted octanol–water partition coefficient (Wildman–Crippen LogP) is 4.28. The van der Waals surface area contributed by atoms with E-state index in [1.165, 1.54) is 4.90 Å². The number of fused-ring (bicyclic) bond motifs is 3. The molecular weight excluding hydrogens is 444 g/mol. The lowest BCUT2D eigenvalue weighted by molar-refractivity contribution is -0.135. The van der Waals surface area contributed by atoms with Gasteiger partial charge in [-0.1, -0.05) is 24.3 Å². The molecule has 8 heteroatoms. The molecular formula is C27H30N4O4. The number of ether oxygens (including phenoxy) is 2. The summed E-state index contributed by atoms with van der Waals surface area (Å²) in [6.07, 6.45) is 2.64. The zero-order valence-corrected chi connectivity index (χ0v) is 20.9. The van der Waals surface area contributed by atoms with E-state index in [2.05, 4.69) is 5.10 Å². The molecule has 1 atom stereocenters. The van der Waals surface area contributed by atoms with Gasteiger partial charge in [-0.15, -0.1) is 0 Å². The Bertz CT molecular complexity index is 1440. The van der Waals surface area contributed by atoms with Crippen molar-refractivity contribution < 1.29 is 19.1 Å². The second-order valence-electron chi connectivity index (χ2n) is 8.57. The van der Waals surface area contributed by atoms with Crippen molar-refractivity contribution in [3.05, 3.63) is 65.4 Å². The van der Waals surface area contributed by atoms with Gasteiger partial charge < -0.3 is 18.9 Å². The maximum Gasteiger partial charge on any atom is 0.262 e. The number of aryl methyl sites for hydroxylation is 2. The van der Waals surface area contributed by atoms with Crippen LogP contribution in [0.4, 0.5) is 0 Å². The molecule has 0 saturated carbocycles. The summed E-state index contributed by atoms with van der Waals surface area (Å²) in [4.78, 5) is 26.9. The summed E-state index contributed by atoms with van der Waals surface area (Å²) < 4.78 is 15.4. The number of likely N-dealkylation sites (N-methyl/N-ethyl adjacent to an activating group) is 1. The lowest BCUT2D eigenvalue weighted by Crippen LogP contribution is -2.35. The summed E-state index contributed by atoms with van der Waals surface area (Å²) in [5.74, 6) is 0.714. The third-order valence-electron chi connectivity index (χ3n) is 5.86. The molecule has 1 unspecified atom stereocenters. The number of hydrogen-bond donors (Lipinski definition) is 0. The molecule has 0 bridgehead atoms. The largest absolute Gasteiger partial charge is 0.490 e. The van der Waals surface area contributed by atoms with Crippen LogP contribution in [0.3, 0.4) is 0 Å². The quantitative estimate of drug-likeness (QED) is 0.281. The number of carbonyl (C=O) groups is 2. The number of hydrogen-bond acceptors (Lipinski definition) is 5. The Hall–Kier alpha value is -4.07. The predicted molar refractivity (Wildman–Crippen MR) is 136 cm³/mol. The molecule has 182 valence electrons. The number of amides is 1. The number of para-hydroxylation sites is 2. The highest BCUT2D eigenvalue weighted by atomic mass is 16.5. The minimum atomic E-state index is -0.652. The van der Waals surface area contributed by atoms with E-state index in [0.717, 1.165) is 22.2 Å². The van der Waals surface area contributed by atoms with Crippen LogP contribution in [0, 0.1) is 6.92 Å². The molecule has 0 N–H and O–H groups in total. The molecule has 0 fully saturated rings. The molecule has 2 aromatic heterocycles. The van der Waals surface area contributed by atoms with Crippen molar-refractivity contribution in [2.45, 2.75) is 26.9 Å². The van der Waals surface area contributed by atoms with Gasteiger partial charge in [0.25, 0.3) is 5.91 Å². The van der Waals surface area contributed by atoms with Gasteiger partial charge in [-0.25, -0.2) is 4.52 Å². The fourth-order valence-corrected chi connectivity index (χ4v) is 4.18. The standard InChI is InChI=1S/C27H30N4O4/c1-7-34-24-16-19(13-15-23(24)35-18(3)27(33)29(4)5)12-14-22(32)25-17(2)28-31-21-11-9-8-10-20(21)30(6)26(25)31/h8-16,18H,7H2,1-6H3. The second-order valence-corrected chi connectivity index (χ2v) is 8.57. The molecule has 4 rings (SSSR count). The normalized spacial score (nSPS) is 12.4. The van der Waals surface area contributed by atoms with Crippen molar-refractivity contribution in [2.75, 3.05) is 20.7 Å². The van der Waals surface area contributed by atoms with Gasteiger partial charge in [0.05, 0.1) is 28.9 Å². The molecule has 0 aliphatic carbocycles. The summed E-state index contributed by atoms with van der Waals surface area (Å²) in [7, 11) is 5.31. The summed E-state index contributed by atoms with van der Waals surface area (Å²) in [5, 5.41) is 4.62. The molecule has 0 saturated heterocycles. The molecule has 8 nitrogen and oxygen atoms in total. The number of nitrogens with zero attached hydrogens (tertiary/aromatic N) is 4. The van der Waals surface area contributed by atoms with E-state index in [9.17, 15) is 9.59 Å². The van der Waals surface area contributed by atoms with Crippen molar-refractivity contribution in [1.82, 2.24) is 19.1 Å². The van der Waals surface area contributed by atoms with Gasteiger partial charge in [0.15, 0.2) is 23.4 Å². The maximum atomic E-state index is 13.3. The van der Waals surface area contributed by atoms with E-state index in [4.69, 9.17) is 9.47 Å². The molecule has 1 amide bonds. The van der Waals surface area contributed by atoms with E-state index >= 15 is 0 Å². The Morgan fingerprint density at radius 3 is 2.51 bits per heavy atom. The molecule has 0 aliphatic heterocycles. The molecule has 0 radical (unpaired) electrons. The summed E-state index contributed by atoms with van der Waals surface area (Å²) in [6, 6.07) is 13.3. The number of ketones is 1. The number of allylic oxidation sites excluding steroid dienone is 1. The first-order valence-corrected chi connectivity index (χ1v) is 11.5. The molecule has 4 aromatic rings. The van der Waals surface area contributed by atoms with Crippen LogP contribution in [0.5, 0.6) is 11.5 Å². The van der Waals surface area contributed by atoms with E-state index in [1.807, 2.05) is 60.3 Å². The maximum absolute atomic E-state index is 13.3. The van der Waals surface area contributed by atoms with E-state index in [1.54, 1.807) is 45.3 Å². The van der Waals surface area contributed by atoms with Gasteiger partial charge in [-0.2, -0.15) is 5.10 Å². The molecule has 2 heterocycles. The van der Waals surface area contributed by atoms with Crippen molar-refractivity contribution in [1.29, 1.82) is 0 Å². The highest BCUT2D eigenvalue weighted by molar-refractivity contribution is 6.12. The average Bonchev–Trinajstić information content (AvgIpc) is 3.32. The van der Waals surface area contributed by atoms with Gasteiger partial charge in [0, 0.05) is 21.1 Å². The van der Waals surface area contributed by atoms with Crippen molar-refractivity contribution in [3.8, 4) is 11.5 Å². The summed E-state index contributed by atoms with van der Waals surface area (Å²) in [5.41, 5.74) is 4.74. The molecule has 0 aliphatic rings. The molecule has 35 heavy (non-hydrogen) atoms. The van der Waals surface area contributed by atoms with Crippen LogP contribution in [0.25, 0.3) is 22.8 Å². The van der Waals surface area contributed by atoms with Gasteiger partial charge in [0.1, 0.15) is 5.65 Å². The third kappa shape index (κ3) is 4.51. The van der Waals surface area contributed by atoms with Crippen molar-refractivity contribution in [2.24, 2.45) is 7.05 Å². The lowest BCUT2D eigenvalue weighted by atomic mass is 10.1. The smallest absolute Gasteiger partial charge is 0.262 e. The van der Waals surface area contributed by atoms with Crippen LogP contribution in [-0.4, -0.2) is 57.6 Å². The topological polar surface area (TPSA) is 78.1 Å². The van der Waals surface area contributed by atoms with Crippen LogP contribution in [0.1, 0.15) is 35.5 Å². The van der Waals surface area contributed by atoms with Gasteiger partial charge in [-0.05, 0) is 56.7 Å². The van der Waals surface area contributed by atoms with Crippen molar-refractivity contribution >= 4 is 34.4 Å². The van der Waals surface area contributed by atoms with Crippen LogP contribution >= 0.6 is 0 Å². The first-order chi connectivity index (χ1) is 16.7. The number of carbonyl (C=O) groups excluding carboxylic acids is 2. The lowest BCUT2D eigenvalue weighted by Gasteiger charge is -2.20. The Morgan fingerprint density at radius 2 is 1.83 bits per heavy atom. The monoisotopic (exact) mass is 474 g/mol. The van der Waals surface area contributed by atoms with Crippen molar-refractivity contribution in [3.63, 3.8) is 0 Å². The highest BCUT2D eigenvalue weighted by Crippen LogP contribution is 2.30. The molecule has 0 spiro atoms. The van der Waals surface area contributed by atoms with Gasteiger partial charge in [0.2, 0.25) is 0 Å². The number of aromatic nitrogens is 3. The Morgan fingerprint density at radius 1 is 1.11 bits per heavy atom. The number of imidazole rings is 1. The average molecular weight is 475 g/mol. The Balaban J connectivity index is 1.63. The van der Waals surface area contributed by atoms with Gasteiger partial charge >= 0.3 is 0 Å².